The third-order valence-corrected chi connectivity index (χ3v) is 6.44. The Kier molecular flexibility index (Phi) is 4.19. The van der Waals surface area contributed by atoms with E-state index in [1.165, 1.54) is 11.1 Å². The normalized spacial score (nSPS) is 31.9. The Hall–Kier alpha value is -1.68. The van der Waals surface area contributed by atoms with Crippen molar-refractivity contribution >= 4 is 11.7 Å². The first-order chi connectivity index (χ1) is 12.1. The van der Waals surface area contributed by atoms with Gasteiger partial charge in [0.15, 0.2) is 0 Å². The van der Waals surface area contributed by atoms with E-state index in [1.807, 2.05) is 4.90 Å². The second kappa shape index (κ2) is 6.24. The molecular weight excluding hydrogens is 310 g/mol. The van der Waals surface area contributed by atoms with Gasteiger partial charge in [-0.3, -0.25) is 19.6 Å². The highest BCUT2D eigenvalue weighted by molar-refractivity contribution is 6.08. The molecule has 0 unspecified atom stereocenters. The Morgan fingerprint density at radius 3 is 2.60 bits per heavy atom. The molecule has 4 rings (SSSR count). The minimum Gasteiger partial charge on any atom is -0.299 e. The highest BCUT2D eigenvalue weighted by atomic mass is 16.2. The van der Waals surface area contributed by atoms with Crippen LogP contribution in [0.25, 0.3) is 0 Å². The summed E-state index contributed by atoms with van der Waals surface area (Å²) in [5.41, 5.74) is 2.22. The van der Waals surface area contributed by atoms with Gasteiger partial charge in [-0.1, -0.05) is 36.8 Å². The number of hydrogen-bond donors (Lipinski definition) is 0. The molecular formula is C21H29N3O. The minimum atomic E-state index is -0.450. The molecule has 1 spiro atoms. The van der Waals surface area contributed by atoms with Crippen LogP contribution in [0, 0.1) is 18.8 Å². The Balaban J connectivity index is 1.53. The summed E-state index contributed by atoms with van der Waals surface area (Å²) < 4.78 is 0. The van der Waals surface area contributed by atoms with Gasteiger partial charge in [-0.15, -0.1) is 0 Å². The van der Waals surface area contributed by atoms with Crippen molar-refractivity contribution in [2.24, 2.45) is 16.8 Å². The van der Waals surface area contributed by atoms with E-state index in [0.29, 0.717) is 11.8 Å². The monoisotopic (exact) mass is 339 g/mol. The molecule has 0 N–H and O–H groups in total. The Bertz CT molecular complexity index is 696. The molecule has 3 atom stereocenters. The minimum absolute atomic E-state index is 0.275. The molecule has 1 aliphatic carbocycles. The zero-order chi connectivity index (χ0) is 17.6. The first-order valence-corrected chi connectivity index (χ1v) is 9.76. The van der Waals surface area contributed by atoms with Gasteiger partial charge in [0, 0.05) is 38.5 Å². The average molecular weight is 339 g/mol. The lowest BCUT2D eigenvalue weighted by Crippen LogP contribution is -2.46. The van der Waals surface area contributed by atoms with E-state index >= 15 is 0 Å². The van der Waals surface area contributed by atoms with E-state index < -0.39 is 5.54 Å². The molecule has 134 valence electrons. The summed E-state index contributed by atoms with van der Waals surface area (Å²) in [5, 5.41) is 0. The van der Waals surface area contributed by atoms with Crippen LogP contribution >= 0.6 is 0 Å². The fourth-order valence-electron chi connectivity index (χ4n) is 5.16. The number of rotatable bonds is 4. The fourth-order valence-corrected chi connectivity index (χ4v) is 5.16. The van der Waals surface area contributed by atoms with E-state index in [0.717, 1.165) is 51.3 Å². The van der Waals surface area contributed by atoms with Crippen LogP contribution in [-0.2, 0) is 11.3 Å². The lowest BCUT2D eigenvalue weighted by atomic mass is 9.85. The molecule has 1 saturated carbocycles. The number of likely N-dealkylation sites (tertiary alicyclic amines) is 1. The van der Waals surface area contributed by atoms with Crippen LogP contribution in [0.2, 0.25) is 0 Å². The number of likely N-dealkylation sites (N-methyl/N-ethyl adjacent to an activating group) is 1. The predicted molar refractivity (Wildman–Crippen MR) is 101 cm³/mol. The van der Waals surface area contributed by atoms with Gasteiger partial charge < -0.3 is 0 Å². The molecule has 4 nitrogen and oxygen atoms in total. The van der Waals surface area contributed by atoms with Gasteiger partial charge in [-0.2, -0.15) is 0 Å². The van der Waals surface area contributed by atoms with Crippen LogP contribution in [0.15, 0.2) is 29.3 Å². The molecule has 1 aromatic carbocycles. The summed E-state index contributed by atoms with van der Waals surface area (Å²) in [5.74, 6) is 2.29. The summed E-state index contributed by atoms with van der Waals surface area (Å²) in [4.78, 5) is 22.7. The van der Waals surface area contributed by atoms with Crippen molar-refractivity contribution in [1.82, 2.24) is 9.80 Å². The van der Waals surface area contributed by atoms with Gasteiger partial charge in [0.25, 0.3) is 5.91 Å². The van der Waals surface area contributed by atoms with Crippen LogP contribution in [0.4, 0.5) is 0 Å². The molecule has 4 heteroatoms. The Morgan fingerprint density at radius 2 is 1.96 bits per heavy atom. The molecule has 25 heavy (non-hydrogen) atoms. The van der Waals surface area contributed by atoms with Crippen LogP contribution in [-0.4, -0.2) is 46.7 Å². The number of amidine groups is 1. The number of benzene rings is 1. The second-order valence-electron chi connectivity index (χ2n) is 7.94. The van der Waals surface area contributed by atoms with Gasteiger partial charge >= 0.3 is 0 Å². The summed E-state index contributed by atoms with van der Waals surface area (Å²) >= 11 is 0. The van der Waals surface area contributed by atoms with Gasteiger partial charge in [0.05, 0.1) is 0 Å². The fraction of sp³-hybridized carbons (Fsp3) is 0.619. The zero-order valence-electron chi connectivity index (χ0n) is 15.7. The van der Waals surface area contributed by atoms with Gasteiger partial charge in [-0.25, -0.2) is 0 Å². The first kappa shape index (κ1) is 16.8. The third-order valence-electron chi connectivity index (χ3n) is 6.44. The van der Waals surface area contributed by atoms with E-state index in [2.05, 4.69) is 49.9 Å². The quantitative estimate of drug-likeness (QED) is 0.844. The van der Waals surface area contributed by atoms with Crippen molar-refractivity contribution in [3.63, 3.8) is 0 Å². The van der Waals surface area contributed by atoms with Crippen molar-refractivity contribution < 1.29 is 4.79 Å². The van der Waals surface area contributed by atoms with E-state index in [1.54, 1.807) is 0 Å². The highest BCUT2D eigenvalue weighted by Gasteiger charge is 2.60. The van der Waals surface area contributed by atoms with Crippen LogP contribution < -0.4 is 0 Å². The molecule has 0 bridgehead atoms. The van der Waals surface area contributed by atoms with E-state index in [9.17, 15) is 4.79 Å². The zero-order valence-corrected chi connectivity index (χ0v) is 15.7. The number of carbonyl (C=O) groups is 1. The molecule has 0 aromatic heterocycles. The molecule has 2 heterocycles. The maximum Gasteiger partial charge on any atom is 0.256 e. The van der Waals surface area contributed by atoms with Gasteiger partial charge in [0.2, 0.25) is 0 Å². The van der Waals surface area contributed by atoms with Crippen molar-refractivity contribution in [3.05, 3.63) is 35.4 Å². The number of aryl methyl sites for hydroxylation is 1. The number of fused-ring (bicyclic) bond motifs is 2. The topological polar surface area (TPSA) is 35.9 Å². The second-order valence-corrected chi connectivity index (χ2v) is 7.94. The molecule has 2 aliphatic heterocycles. The van der Waals surface area contributed by atoms with Crippen molar-refractivity contribution in [2.45, 2.75) is 52.1 Å². The SMILES string of the molecule is CCC1=N[C@@]2(CC[C@@H]3CN(Cc4ccc(C)cc4)C[C@@H]32)C(=O)N1CC. The van der Waals surface area contributed by atoms with Crippen molar-refractivity contribution in [3.8, 4) is 0 Å². The summed E-state index contributed by atoms with van der Waals surface area (Å²) in [7, 11) is 0. The maximum atomic E-state index is 13.2. The maximum absolute atomic E-state index is 13.2. The van der Waals surface area contributed by atoms with Crippen molar-refractivity contribution in [1.29, 1.82) is 0 Å². The molecule has 0 radical (unpaired) electrons. The number of amides is 1. The lowest BCUT2D eigenvalue weighted by molar-refractivity contribution is -0.132. The third kappa shape index (κ3) is 2.62. The predicted octanol–water partition coefficient (Wildman–Crippen LogP) is 3.25. The van der Waals surface area contributed by atoms with Crippen LogP contribution in [0.5, 0.6) is 0 Å². The molecule has 3 aliphatic rings. The molecule has 1 aromatic rings. The summed E-state index contributed by atoms with van der Waals surface area (Å²) in [6.07, 6.45) is 2.93. The Labute approximate surface area is 150 Å². The van der Waals surface area contributed by atoms with Gasteiger partial charge in [-0.05, 0) is 38.2 Å². The number of carbonyl (C=O) groups excluding carboxylic acids is 1. The largest absolute Gasteiger partial charge is 0.299 e. The number of hydrogen-bond acceptors (Lipinski definition) is 3. The standard InChI is InChI=1S/C21H29N3O/c1-4-19-22-21(20(25)24(19)5-2)11-10-17-13-23(14-18(17)21)12-16-8-6-15(3)7-9-16/h6-9,17-18H,4-5,10-14H2,1-3H3/t17-,18+,21-/m1/s1. The smallest absolute Gasteiger partial charge is 0.256 e. The first-order valence-electron chi connectivity index (χ1n) is 9.76. The Morgan fingerprint density at radius 1 is 1.20 bits per heavy atom. The van der Waals surface area contributed by atoms with Crippen LogP contribution in [0.3, 0.4) is 0 Å². The molecule has 1 saturated heterocycles. The average Bonchev–Trinajstić information content (AvgIpc) is 3.24. The van der Waals surface area contributed by atoms with E-state index in [-0.39, 0.29) is 5.91 Å². The molecule has 2 fully saturated rings. The number of aliphatic imine (C=N–C) groups is 1. The number of nitrogens with zero attached hydrogens (tertiary/aromatic N) is 3. The van der Waals surface area contributed by atoms with Crippen LogP contribution in [0.1, 0.15) is 44.2 Å². The van der Waals surface area contributed by atoms with Gasteiger partial charge in [0.1, 0.15) is 11.4 Å². The summed E-state index contributed by atoms with van der Waals surface area (Å²) in [6, 6.07) is 8.83. The lowest BCUT2D eigenvalue weighted by Gasteiger charge is -2.28. The van der Waals surface area contributed by atoms with Crippen molar-refractivity contribution in [2.75, 3.05) is 19.6 Å². The molecule has 1 amide bonds. The summed E-state index contributed by atoms with van der Waals surface area (Å²) in [6.45, 7) is 10.1. The highest BCUT2D eigenvalue weighted by Crippen LogP contribution is 2.50. The van der Waals surface area contributed by atoms with E-state index in [4.69, 9.17) is 4.99 Å².